The lowest BCUT2D eigenvalue weighted by atomic mass is 10.3. The number of carboxylic acid groups (broad SMARTS) is 1. The molecule has 0 atom stereocenters. The minimum absolute atomic E-state index is 0.0550. The van der Waals surface area contributed by atoms with Crippen LogP contribution >= 0.6 is 0 Å². The number of carboxylic acids is 1. The third kappa shape index (κ3) is 4.75. The van der Waals surface area contributed by atoms with Crippen LogP contribution in [0.4, 0.5) is 0 Å². The van der Waals surface area contributed by atoms with E-state index in [9.17, 15) is 9.59 Å². The summed E-state index contributed by atoms with van der Waals surface area (Å²) in [6, 6.07) is 3.48. The standard InChI is InChI=1S/C13H18N2O4/c16-12(15-9-3-4-9)2-1-7-14-8-10-5-6-11(19-10)13(17)18/h5-6,9,14H,1-4,7-8H2,(H,15,16)(H,17,18). The first-order chi connectivity index (χ1) is 9.15. The van der Waals surface area contributed by atoms with Gasteiger partial charge in [-0.2, -0.15) is 0 Å². The number of furan rings is 1. The molecule has 3 N–H and O–H groups in total. The molecule has 19 heavy (non-hydrogen) atoms. The zero-order valence-electron chi connectivity index (χ0n) is 10.6. The Hall–Kier alpha value is -1.82. The van der Waals surface area contributed by atoms with Gasteiger partial charge in [0, 0.05) is 12.5 Å². The molecule has 1 heterocycles. The number of carbonyl (C=O) groups is 2. The second-order valence-electron chi connectivity index (χ2n) is 4.69. The summed E-state index contributed by atoms with van der Waals surface area (Å²) in [6.45, 7) is 1.17. The van der Waals surface area contributed by atoms with E-state index >= 15 is 0 Å². The van der Waals surface area contributed by atoms with Crippen molar-refractivity contribution in [3.8, 4) is 0 Å². The second-order valence-corrected chi connectivity index (χ2v) is 4.69. The molecule has 1 saturated carbocycles. The van der Waals surface area contributed by atoms with Gasteiger partial charge in [-0.3, -0.25) is 4.79 Å². The highest BCUT2D eigenvalue weighted by Gasteiger charge is 2.22. The molecule has 0 spiro atoms. The number of aromatic carboxylic acids is 1. The van der Waals surface area contributed by atoms with Crippen molar-refractivity contribution in [1.82, 2.24) is 10.6 Å². The SMILES string of the molecule is O=C(CCCNCc1ccc(C(=O)O)o1)NC1CC1. The van der Waals surface area contributed by atoms with Gasteiger partial charge in [-0.1, -0.05) is 0 Å². The lowest BCUT2D eigenvalue weighted by Crippen LogP contribution is -2.26. The van der Waals surface area contributed by atoms with Crippen LogP contribution in [0.5, 0.6) is 0 Å². The van der Waals surface area contributed by atoms with Crippen LogP contribution in [-0.2, 0) is 11.3 Å². The summed E-state index contributed by atoms with van der Waals surface area (Å²) in [5.74, 6) is -0.432. The number of rotatable bonds is 8. The van der Waals surface area contributed by atoms with Crippen molar-refractivity contribution in [2.24, 2.45) is 0 Å². The highest BCUT2D eigenvalue weighted by Crippen LogP contribution is 2.18. The van der Waals surface area contributed by atoms with Crippen molar-refractivity contribution in [2.45, 2.75) is 38.3 Å². The van der Waals surface area contributed by atoms with Crippen LogP contribution in [0.3, 0.4) is 0 Å². The van der Waals surface area contributed by atoms with Gasteiger partial charge in [0.1, 0.15) is 5.76 Å². The minimum Gasteiger partial charge on any atom is -0.475 e. The maximum absolute atomic E-state index is 11.4. The predicted molar refractivity (Wildman–Crippen MR) is 67.8 cm³/mol. The fourth-order valence-corrected chi connectivity index (χ4v) is 1.70. The Balaban J connectivity index is 1.55. The number of carbonyl (C=O) groups excluding carboxylic acids is 1. The van der Waals surface area contributed by atoms with Crippen LogP contribution in [0.1, 0.15) is 42.0 Å². The van der Waals surface area contributed by atoms with Crippen LogP contribution in [0.2, 0.25) is 0 Å². The largest absolute Gasteiger partial charge is 0.475 e. The Labute approximate surface area is 111 Å². The summed E-state index contributed by atoms with van der Waals surface area (Å²) >= 11 is 0. The summed E-state index contributed by atoms with van der Waals surface area (Å²) in [4.78, 5) is 22.0. The van der Waals surface area contributed by atoms with Gasteiger partial charge in [-0.15, -0.1) is 0 Å². The molecule has 0 saturated heterocycles. The Bertz CT molecular complexity index is 451. The van der Waals surface area contributed by atoms with E-state index in [0.717, 1.165) is 19.3 Å². The lowest BCUT2D eigenvalue weighted by molar-refractivity contribution is -0.121. The summed E-state index contributed by atoms with van der Waals surface area (Å²) in [5, 5.41) is 14.7. The third-order valence-corrected chi connectivity index (χ3v) is 2.87. The van der Waals surface area contributed by atoms with E-state index < -0.39 is 5.97 Å². The number of nitrogens with one attached hydrogen (secondary N) is 2. The van der Waals surface area contributed by atoms with Gasteiger partial charge >= 0.3 is 5.97 Å². The van der Waals surface area contributed by atoms with Crippen LogP contribution in [-0.4, -0.2) is 29.6 Å². The van der Waals surface area contributed by atoms with Crippen molar-refractivity contribution < 1.29 is 19.1 Å². The topological polar surface area (TPSA) is 91.6 Å². The first-order valence-corrected chi connectivity index (χ1v) is 6.47. The Kier molecular flexibility index (Phi) is 4.57. The molecule has 1 amide bonds. The van der Waals surface area contributed by atoms with Crippen molar-refractivity contribution in [2.75, 3.05) is 6.54 Å². The number of hydrogen-bond donors (Lipinski definition) is 3. The summed E-state index contributed by atoms with van der Waals surface area (Å²) in [6.07, 6.45) is 3.48. The second kappa shape index (κ2) is 6.38. The van der Waals surface area contributed by atoms with E-state index in [1.165, 1.54) is 6.07 Å². The zero-order valence-corrected chi connectivity index (χ0v) is 10.6. The molecular weight excluding hydrogens is 248 g/mol. The van der Waals surface area contributed by atoms with E-state index in [0.29, 0.717) is 31.3 Å². The first-order valence-electron chi connectivity index (χ1n) is 6.47. The van der Waals surface area contributed by atoms with Gasteiger partial charge in [0.2, 0.25) is 11.7 Å². The van der Waals surface area contributed by atoms with E-state index in [2.05, 4.69) is 10.6 Å². The van der Waals surface area contributed by atoms with Crippen LogP contribution in [0.15, 0.2) is 16.5 Å². The van der Waals surface area contributed by atoms with Gasteiger partial charge in [0.15, 0.2) is 0 Å². The van der Waals surface area contributed by atoms with E-state index in [-0.39, 0.29) is 11.7 Å². The molecule has 1 aliphatic rings. The average molecular weight is 266 g/mol. The normalized spacial score (nSPS) is 14.3. The molecule has 104 valence electrons. The molecule has 1 aliphatic carbocycles. The van der Waals surface area contributed by atoms with Gasteiger partial charge in [-0.25, -0.2) is 4.79 Å². The highest BCUT2D eigenvalue weighted by atomic mass is 16.4. The van der Waals surface area contributed by atoms with Crippen molar-refractivity contribution in [1.29, 1.82) is 0 Å². The quantitative estimate of drug-likeness (QED) is 0.613. The third-order valence-electron chi connectivity index (χ3n) is 2.87. The number of amides is 1. The van der Waals surface area contributed by atoms with E-state index in [1.54, 1.807) is 6.07 Å². The Morgan fingerprint density at radius 3 is 2.79 bits per heavy atom. The first kappa shape index (κ1) is 13.6. The maximum Gasteiger partial charge on any atom is 0.371 e. The molecule has 1 fully saturated rings. The van der Waals surface area contributed by atoms with E-state index in [4.69, 9.17) is 9.52 Å². The van der Waals surface area contributed by atoms with Gasteiger partial charge in [0.05, 0.1) is 6.54 Å². The summed E-state index contributed by atoms with van der Waals surface area (Å²) in [7, 11) is 0. The summed E-state index contributed by atoms with van der Waals surface area (Å²) in [5.41, 5.74) is 0. The zero-order chi connectivity index (χ0) is 13.7. The molecule has 2 rings (SSSR count). The molecule has 6 nitrogen and oxygen atoms in total. The molecule has 0 radical (unpaired) electrons. The minimum atomic E-state index is -1.07. The fourth-order valence-electron chi connectivity index (χ4n) is 1.70. The van der Waals surface area contributed by atoms with Crippen LogP contribution in [0.25, 0.3) is 0 Å². The molecule has 0 aliphatic heterocycles. The molecule has 6 heteroatoms. The van der Waals surface area contributed by atoms with Gasteiger partial charge in [-0.05, 0) is 37.9 Å². The van der Waals surface area contributed by atoms with Gasteiger partial charge in [0.25, 0.3) is 0 Å². The summed E-state index contributed by atoms with van der Waals surface area (Å²) < 4.78 is 5.09. The molecule has 1 aromatic heterocycles. The average Bonchev–Trinajstić information content (AvgIpc) is 3.04. The molecule has 0 aromatic carbocycles. The molecule has 0 unspecified atom stereocenters. The predicted octanol–water partition coefficient (Wildman–Crippen LogP) is 1.13. The van der Waals surface area contributed by atoms with Crippen molar-refractivity contribution in [3.63, 3.8) is 0 Å². The molecular formula is C13H18N2O4. The number of hydrogen-bond acceptors (Lipinski definition) is 4. The molecule has 1 aromatic rings. The smallest absolute Gasteiger partial charge is 0.371 e. The van der Waals surface area contributed by atoms with Gasteiger partial charge < -0.3 is 20.2 Å². The Morgan fingerprint density at radius 2 is 2.16 bits per heavy atom. The highest BCUT2D eigenvalue weighted by molar-refractivity contribution is 5.84. The van der Waals surface area contributed by atoms with Crippen molar-refractivity contribution >= 4 is 11.9 Å². The van der Waals surface area contributed by atoms with E-state index in [1.807, 2.05) is 0 Å². The van der Waals surface area contributed by atoms with Crippen molar-refractivity contribution in [3.05, 3.63) is 23.7 Å². The Morgan fingerprint density at radius 1 is 1.37 bits per heavy atom. The van der Waals surface area contributed by atoms with Crippen LogP contribution in [0, 0.1) is 0 Å². The maximum atomic E-state index is 11.4. The lowest BCUT2D eigenvalue weighted by Gasteiger charge is -2.04. The fraction of sp³-hybridized carbons (Fsp3) is 0.538. The molecule has 0 bridgehead atoms. The van der Waals surface area contributed by atoms with Crippen LogP contribution < -0.4 is 10.6 Å². The monoisotopic (exact) mass is 266 g/mol.